The molecule has 0 spiro atoms. The first kappa shape index (κ1) is 8.32. The van der Waals surface area contributed by atoms with Crippen LogP contribution in [0.2, 0.25) is 0 Å². The molecule has 1 atom stereocenters. The number of benzene rings is 1. The quantitative estimate of drug-likeness (QED) is 0.686. The largest absolute Gasteiger partial charge is 0.389 e. The second-order valence-corrected chi connectivity index (χ2v) is 3.47. The van der Waals surface area contributed by atoms with E-state index in [4.69, 9.17) is 0 Å². The zero-order valence-corrected chi connectivity index (χ0v) is 7.83. The van der Waals surface area contributed by atoms with Crippen LogP contribution in [0.4, 0.5) is 0 Å². The summed E-state index contributed by atoms with van der Waals surface area (Å²) in [5.41, 5.74) is 3.27. The Bertz CT molecular complexity index is 429. The van der Waals surface area contributed by atoms with Crippen LogP contribution in [-0.2, 0) is 0 Å². The molecule has 0 fully saturated rings. The van der Waals surface area contributed by atoms with E-state index in [9.17, 15) is 5.11 Å². The van der Waals surface area contributed by atoms with Gasteiger partial charge < -0.3 is 10.1 Å². The zero-order chi connectivity index (χ0) is 9.42. The lowest BCUT2D eigenvalue weighted by molar-refractivity contribution is 0.201. The first-order chi connectivity index (χ1) is 6.18. The number of aryl methyl sites for hydroxylation is 1. The number of fused-ring (bicyclic) bond motifs is 1. The first-order valence-corrected chi connectivity index (χ1v) is 4.44. The van der Waals surface area contributed by atoms with Gasteiger partial charge in [0.1, 0.15) is 0 Å². The number of aromatic amines is 1. The van der Waals surface area contributed by atoms with Crippen molar-refractivity contribution in [1.82, 2.24) is 4.98 Å². The highest BCUT2D eigenvalue weighted by atomic mass is 16.3. The Labute approximate surface area is 77.2 Å². The average molecular weight is 175 g/mol. The van der Waals surface area contributed by atoms with E-state index in [0.717, 1.165) is 16.5 Å². The smallest absolute Gasteiger partial charge is 0.0782 e. The summed E-state index contributed by atoms with van der Waals surface area (Å²) in [4.78, 5) is 3.14. The number of nitrogens with one attached hydrogen (secondary N) is 1. The number of aromatic nitrogens is 1. The van der Waals surface area contributed by atoms with Crippen molar-refractivity contribution >= 4 is 10.9 Å². The van der Waals surface area contributed by atoms with Crippen LogP contribution in [0.3, 0.4) is 0 Å². The topological polar surface area (TPSA) is 36.0 Å². The fourth-order valence-electron chi connectivity index (χ4n) is 1.60. The zero-order valence-electron chi connectivity index (χ0n) is 7.83. The Morgan fingerprint density at radius 3 is 2.85 bits per heavy atom. The van der Waals surface area contributed by atoms with E-state index in [1.54, 1.807) is 6.92 Å². The number of H-pyrrole nitrogens is 1. The molecule has 2 rings (SSSR count). The van der Waals surface area contributed by atoms with Crippen LogP contribution in [0, 0.1) is 6.92 Å². The average Bonchev–Trinajstić information content (AvgIpc) is 2.46. The fraction of sp³-hybridized carbons (Fsp3) is 0.273. The molecule has 0 saturated heterocycles. The molecule has 0 aliphatic rings. The van der Waals surface area contributed by atoms with Gasteiger partial charge in [0.05, 0.1) is 6.10 Å². The number of aliphatic hydroxyl groups excluding tert-OH is 1. The molecule has 0 bridgehead atoms. The third-order valence-corrected chi connectivity index (χ3v) is 2.32. The van der Waals surface area contributed by atoms with Crippen molar-refractivity contribution in [3.8, 4) is 0 Å². The lowest BCUT2D eigenvalue weighted by atomic mass is 10.1. The van der Waals surface area contributed by atoms with Gasteiger partial charge in [-0.3, -0.25) is 0 Å². The maximum Gasteiger partial charge on any atom is 0.0782 e. The molecular weight excluding hydrogens is 162 g/mol. The minimum atomic E-state index is -0.407. The van der Waals surface area contributed by atoms with E-state index >= 15 is 0 Å². The van der Waals surface area contributed by atoms with E-state index in [1.807, 2.05) is 12.3 Å². The molecule has 1 heterocycles. The lowest BCUT2D eigenvalue weighted by Gasteiger charge is -2.01. The van der Waals surface area contributed by atoms with Crippen LogP contribution >= 0.6 is 0 Å². The fourth-order valence-corrected chi connectivity index (χ4v) is 1.60. The van der Waals surface area contributed by atoms with E-state index in [-0.39, 0.29) is 0 Å². The summed E-state index contributed by atoms with van der Waals surface area (Å²) in [6.45, 7) is 3.84. The van der Waals surface area contributed by atoms with Crippen LogP contribution in [0.1, 0.15) is 24.2 Å². The van der Waals surface area contributed by atoms with Gasteiger partial charge in [-0.2, -0.15) is 0 Å². The van der Waals surface area contributed by atoms with E-state index in [0.29, 0.717) is 0 Å². The maximum absolute atomic E-state index is 9.48. The van der Waals surface area contributed by atoms with Crippen molar-refractivity contribution in [3.05, 3.63) is 35.5 Å². The second kappa shape index (κ2) is 2.89. The number of aliphatic hydroxyl groups is 1. The van der Waals surface area contributed by atoms with Crippen LogP contribution in [-0.4, -0.2) is 10.1 Å². The third kappa shape index (κ3) is 1.33. The van der Waals surface area contributed by atoms with E-state index < -0.39 is 6.10 Å². The van der Waals surface area contributed by atoms with Gasteiger partial charge in [0.15, 0.2) is 0 Å². The molecule has 0 radical (unpaired) electrons. The molecule has 2 heteroatoms. The molecule has 0 aliphatic heterocycles. The summed E-state index contributed by atoms with van der Waals surface area (Å²) < 4.78 is 0. The highest BCUT2D eigenvalue weighted by Crippen LogP contribution is 2.24. The molecule has 0 aliphatic carbocycles. The molecule has 0 amide bonds. The maximum atomic E-state index is 9.48. The van der Waals surface area contributed by atoms with Crippen LogP contribution < -0.4 is 0 Å². The first-order valence-electron chi connectivity index (χ1n) is 4.44. The van der Waals surface area contributed by atoms with Crippen molar-refractivity contribution in [2.45, 2.75) is 20.0 Å². The van der Waals surface area contributed by atoms with Gasteiger partial charge in [-0.15, -0.1) is 0 Å². The van der Waals surface area contributed by atoms with Crippen molar-refractivity contribution in [2.75, 3.05) is 0 Å². The highest BCUT2D eigenvalue weighted by Gasteiger charge is 2.07. The Morgan fingerprint density at radius 2 is 2.15 bits per heavy atom. The normalized spacial score (nSPS) is 13.5. The standard InChI is InChI=1S/C11H13NO/c1-7-3-4-11-9(5-7)10(6-12-11)8(2)13/h3-6,8,12-13H,1-2H3. The van der Waals surface area contributed by atoms with Gasteiger partial charge in [-0.1, -0.05) is 11.6 Å². The minimum Gasteiger partial charge on any atom is -0.389 e. The van der Waals surface area contributed by atoms with Crippen LogP contribution in [0.5, 0.6) is 0 Å². The molecule has 0 saturated carbocycles. The molecule has 68 valence electrons. The Kier molecular flexibility index (Phi) is 1.85. The van der Waals surface area contributed by atoms with Gasteiger partial charge in [0, 0.05) is 22.7 Å². The lowest BCUT2D eigenvalue weighted by Crippen LogP contribution is -1.87. The molecule has 2 nitrogen and oxygen atoms in total. The molecule has 2 aromatic rings. The monoisotopic (exact) mass is 175 g/mol. The number of rotatable bonds is 1. The summed E-state index contributed by atoms with van der Waals surface area (Å²) in [7, 11) is 0. The van der Waals surface area contributed by atoms with Crippen molar-refractivity contribution in [2.24, 2.45) is 0 Å². The Morgan fingerprint density at radius 1 is 1.38 bits per heavy atom. The molecule has 1 aromatic heterocycles. The molecule has 1 aromatic carbocycles. The van der Waals surface area contributed by atoms with Crippen molar-refractivity contribution in [3.63, 3.8) is 0 Å². The van der Waals surface area contributed by atoms with Gasteiger partial charge in [-0.25, -0.2) is 0 Å². The summed E-state index contributed by atoms with van der Waals surface area (Å²) >= 11 is 0. The second-order valence-electron chi connectivity index (χ2n) is 3.47. The molecule has 13 heavy (non-hydrogen) atoms. The predicted octanol–water partition coefficient (Wildman–Crippen LogP) is 2.53. The molecule has 1 unspecified atom stereocenters. The van der Waals surface area contributed by atoms with E-state index in [1.165, 1.54) is 5.56 Å². The van der Waals surface area contributed by atoms with Crippen molar-refractivity contribution < 1.29 is 5.11 Å². The van der Waals surface area contributed by atoms with Gasteiger partial charge in [0.2, 0.25) is 0 Å². The van der Waals surface area contributed by atoms with Crippen LogP contribution in [0.15, 0.2) is 24.4 Å². The van der Waals surface area contributed by atoms with Crippen LogP contribution in [0.25, 0.3) is 10.9 Å². The minimum absolute atomic E-state index is 0.407. The predicted molar refractivity (Wildman–Crippen MR) is 53.7 cm³/mol. The number of hydrogen-bond acceptors (Lipinski definition) is 1. The van der Waals surface area contributed by atoms with Gasteiger partial charge in [-0.05, 0) is 26.0 Å². The number of hydrogen-bond donors (Lipinski definition) is 2. The summed E-state index contributed by atoms with van der Waals surface area (Å²) in [6.07, 6.45) is 1.46. The Hall–Kier alpha value is -1.28. The van der Waals surface area contributed by atoms with Crippen molar-refractivity contribution in [1.29, 1.82) is 0 Å². The SMILES string of the molecule is Cc1ccc2[nH]cc(C(C)O)c2c1. The summed E-state index contributed by atoms with van der Waals surface area (Å²) in [5.74, 6) is 0. The molecular formula is C11H13NO. The van der Waals surface area contributed by atoms with E-state index in [2.05, 4.69) is 24.0 Å². The Balaban J connectivity index is 2.71. The molecule has 2 N–H and O–H groups in total. The summed E-state index contributed by atoms with van der Waals surface area (Å²) in [6, 6.07) is 6.19. The highest BCUT2D eigenvalue weighted by molar-refractivity contribution is 5.84. The third-order valence-electron chi connectivity index (χ3n) is 2.32. The summed E-state index contributed by atoms with van der Waals surface area (Å²) in [5, 5.41) is 10.6. The van der Waals surface area contributed by atoms with Gasteiger partial charge >= 0.3 is 0 Å². The van der Waals surface area contributed by atoms with Gasteiger partial charge in [0.25, 0.3) is 0 Å².